The first kappa shape index (κ1) is 67.2. The molecule has 0 saturated carbocycles. The molecule has 2 unspecified atom stereocenters. The van der Waals surface area contributed by atoms with Gasteiger partial charge in [0.05, 0.1) is 34.4 Å². The number of phosphoric ester groups is 1. The van der Waals surface area contributed by atoms with E-state index in [0.717, 1.165) is 57.8 Å². The summed E-state index contributed by atoms with van der Waals surface area (Å²) >= 11 is 0. The van der Waals surface area contributed by atoms with E-state index in [1.54, 1.807) is 0 Å². The van der Waals surface area contributed by atoms with Gasteiger partial charge in [0.2, 0.25) is 0 Å². The van der Waals surface area contributed by atoms with Gasteiger partial charge in [0, 0.05) is 13.0 Å². The fourth-order valence-electron chi connectivity index (χ4n) is 8.13. The highest BCUT2D eigenvalue weighted by Gasteiger charge is 2.26. The van der Waals surface area contributed by atoms with Gasteiger partial charge in [0.15, 0.2) is 0 Å². The van der Waals surface area contributed by atoms with Crippen LogP contribution in [0.5, 0.6) is 0 Å². The zero-order chi connectivity index (χ0) is 50.5. The molecule has 0 saturated heterocycles. The van der Waals surface area contributed by atoms with E-state index in [9.17, 15) is 14.3 Å². The van der Waals surface area contributed by atoms with Gasteiger partial charge in [-0.1, -0.05) is 235 Å². The molecule has 8 nitrogen and oxygen atoms in total. The maximum atomic E-state index is 12.8. The van der Waals surface area contributed by atoms with E-state index in [1.807, 2.05) is 21.1 Å². The molecule has 0 aliphatic carbocycles. The number of ether oxygens (including phenoxy) is 2. The molecule has 0 aromatic rings. The molecule has 0 bridgehead atoms. The summed E-state index contributed by atoms with van der Waals surface area (Å²) in [4.78, 5) is 23.1. The minimum absolute atomic E-state index is 0.0868. The van der Waals surface area contributed by atoms with E-state index in [1.165, 1.54) is 180 Å². The number of carbonyl (C=O) groups is 1. The van der Waals surface area contributed by atoms with Crippen LogP contribution in [0.1, 0.15) is 258 Å². The average Bonchev–Trinajstić information content (AvgIpc) is 3.31. The van der Waals surface area contributed by atoms with Crippen LogP contribution in [0.3, 0.4) is 0 Å². The Bertz CT molecular complexity index is 1290. The van der Waals surface area contributed by atoms with Crippen LogP contribution in [-0.4, -0.2) is 75.6 Å². The van der Waals surface area contributed by atoms with E-state index in [2.05, 4.69) is 74.6 Å². The lowest BCUT2D eigenvalue weighted by Gasteiger charge is -2.24. The quantitative estimate of drug-likeness (QED) is 0.0213. The molecule has 0 radical (unpaired) electrons. The number of unbranched alkanes of at least 4 members (excludes halogenated alkanes) is 30. The Morgan fingerprint density at radius 2 is 0.841 bits per heavy atom. The Morgan fingerprint density at radius 1 is 0.464 bits per heavy atom. The lowest BCUT2D eigenvalue weighted by atomic mass is 10.0. The second-order valence-corrected chi connectivity index (χ2v) is 22.1. The van der Waals surface area contributed by atoms with Gasteiger partial charge in [0.25, 0.3) is 0 Å². The van der Waals surface area contributed by atoms with Crippen molar-refractivity contribution in [3.8, 4) is 0 Å². The Labute approximate surface area is 428 Å². The second-order valence-electron chi connectivity index (χ2n) is 20.6. The van der Waals surface area contributed by atoms with E-state index in [0.29, 0.717) is 24.1 Å². The standard InChI is InChI=1S/C60H112NO7P/c1-6-8-10-12-14-16-18-20-22-24-26-28-30-32-34-36-38-40-42-44-46-48-50-52-55-65-57-59(58-67-69(63,64)66-56-54-61(3,4)5)68-60(62)53-51-49-47-45-43-41-39-37-35-33-31-29-27-25-23-21-19-17-15-13-11-9-7-2/h8,10,14,16,20,22,25-28,59H,6-7,9,11-13,15,17-19,21,23-24,29-58H2,1-5H3/p+1/b10-8-,16-14-,22-20-,27-25-,28-26-. The molecule has 0 aromatic heterocycles. The van der Waals surface area contributed by atoms with Crippen molar-refractivity contribution in [2.24, 2.45) is 0 Å². The zero-order valence-corrected chi connectivity index (χ0v) is 46.9. The topological polar surface area (TPSA) is 91.3 Å². The second kappa shape index (κ2) is 52.5. The molecule has 9 heteroatoms. The normalized spacial score (nSPS) is 13.9. The highest BCUT2D eigenvalue weighted by atomic mass is 31.2. The predicted octanol–water partition coefficient (Wildman–Crippen LogP) is 18.4. The van der Waals surface area contributed by atoms with Crippen molar-refractivity contribution in [3.05, 3.63) is 60.8 Å². The van der Waals surface area contributed by atoms with E-state index >= 15 is 0 Å². The first-order valence-electron chi connectivity index (χ1n) is 29.0. The van der Waals surface area contributed by atoms with Gasteiger partial charge in [-0.25, -0.2) is 4.57 Å². The molecule has 0 spiro atoms. The molecule has 0 aliphatic heterocycles. The average molecular weight is 992 g/mol. The van der Waals surface area contributed by atoms with Crippen LogP contribution in [0, 0.1) is 0 Å². The van der Waals surface area contributed by atoms with Gasteiger partial charge < -0.3 is 18.9 Å². The molecule has 69 heavy (non-hydrogen) atoms. The molecular weight excluding hydrogens is 878 g/mol. The lowest BCUT2D eigenvalue weighted by molar-refractivity contribution is -0.870. The molecular formula is C60H113NO7P+. The monoisotopic (exact) mass is 991 g/mol. The SMILES string of the molecule is CC/C=C\C/C=C\C/C=C\C/C=C\CCCCCCCCCCCCCOCC(COP(=O)(O)OCC[N+](C)(C)C)OC(=O)CCCCCCCCCCCCC/C=C\CCCCCCCCCC. The fraction of sp³-hybridized carbons (Fsp3) is 0.817. The van der Waals surface area contributed by atoms with E-state index < -0.39 is 13.9 Å². The van der Waals surface area contributed by atoms with E-state index in [-0.39, 0.29) is 25.8 Å². The summed E-state index contributed by atoms with van der Waals surface area (Å²) in [5.41, 5.74) is 0. The number of rotatable bonds is 54. The first-order chi connectivity index (χ1) is 33.6. The fourth-order valence-corrected chi connectivity index (χ4v) is 8.87. The predicted molar refractivity (Wildman–Crippen MR) is 298 cm³/mol. The molecule has 0 rings (SSSR count). The minimum atomic E-state index is -4.29. The van der Waals surface area contributed by atoms with Crippen molar-refractivity contribution in [1.82, 2.24) is 0 Å². The summed E-state index contributed by atoms with van der Waals surface area (Å²) in [6, 6.07) is 0. The summed E-state index contributed by atoms with van der Waals surface area (Å²) in [7, 11) is 1.67. The molecule has 0 aliphatic rings. The van der Waals surface area contributed by atoms with Crippen LogP contribution in [0.2, 0.25) is 0 Å². The molecule has 0 fully saturated rings. The number of nitrogens with zero attached hydrogens (tertiary/aromatic N) is 1. The van der Waals surface area contributed by atoms with Crippen molar-refractivity contribution >= 4 is 13.8 Å². The smallest absolute Gasteiger partial charge is 0.457 e. The number of esters is 1. The first-order valence-corrected chi connectivity index (χ1v) is 30.5. The number of phosphoric acid groups is 1. The van der Waals surface area contributed by atoms with Crippen molar-refractivity contribution in [2.45, 2.75) is 264 Å². The van der Waals surface area contributed by atoms with Crippen LogP contribution in [0.15, 0.2) is 60.8 Å². The van der Waals surface area contributed by atoms with Gasteiger partial charge in [0.1, 0.15) is 19.3 Å². The van der Waals surface area contributed by atoms with Gasteiger partial charge in [-0.05, 0) is 77.0 Å². The number of likely N-dealkylation sites (N-methyl/N-ethyl adjacent to an activating group) is 1. The largest absolute Gasteiger partial charge is 0.472 e. The summed E-state index contributed by atoms with van der Waals surface area (Å²) in [6.45, 7) is 5.54. The van der Waals surface area contributed by atoms with Gasteiger partial charge in [-0.15, -0.1) is 0 Å². The third-order valence-corrected chi connectivity index (χ3v) is 13.5. The third kappa shape index (κ3) is 57.0. The van der Waals surface area contributed by atoms with Crippen molar-refractivity contribution in [2.75, 3.05) is 54.1 Å². The van der Waals surface area contributed by atoms with Crippen LogP contribution in [0.25, 0.3) is 0 Å². The van der Waals surface area contributed by atoms with Gasteiger partial charge in [-0.2, -0.15) is 0 Å². The molecule has 0 aromatic carbocycles. The lowest BCUT2D eigenvalue weighted by Crippen LogP contribution is -2.37. The van der Waals surface area contributed by atoms with E-state index in [4.69, 9.17) is 18.5 Å². The zero-order valence-electron chi connectivity index (χ0n) is 46.0. The maximum absolute atomic E-state index is 12.8. The summed E-state index contributed by atoms with van der Waals surface area (Å²) in [6.07, 6.45) is 68.5. The Hall–Kier alpha value is -1.80. The Kier molecular flexibility index (Phi) is 51.2. The van der Waals surface area contributed by atoms with Crippen molar-refractivity contribution in [1.29, 1.82) is 0 Å². The van der Waals surface area contributed by atoms with Crippen molar-refractivity contribution in [3.63, 3.8) is 0 Å². The number of quaternary nitrogens is 1. The number of allylic oxidation sites excluding steroid dienone is 10. The van der Waals surface area contributed by atoms with Crippen LogP contribution in [-0.2, 0) is 27.9 Å². The molecule has 2 atom stereocenters. The highest BCUT2D eigenvalue weighted by Crippen LogP contribution is 2.43. The summed E-state index contributed by atoms with van der Waals surface area (Å²) in [5, 5.41) is 0. The number of hydrogen-bond acceptors (Lipinski definition) is 6. The van der Waals surface area contributed by atoms with Crippen molar-refractivity contribution < 1.29 is 37.3 Å². The third-order valence-electron chi connectivity index (χ3n) is 12.6. The molecule has 0 heterocycles. The molecule has 1 N–H and O–H groups in total. The Morgan fingerprint density at radius 3 is 1.28 bits per heavy atom. The summed E-state index contributed by atoms with van der Waals surface area (Å²) < 4.78 is 35.3. The minimum Gasteiger partial charge on any atom is -0.457 e. The number of carbonyl (C=O) groups excluding carboxylic acids is 1. The van der Waals surface area contributed by atoms with Gasteiger partial charge >= 0.3 is 13.8 Å². The summed E-state index contributed by atoms with van der Waals surface area (Å²) in [5.74, 6) is -0.313. The molecule has 0 amide bonds. The number of hydrogen-bond donors (Lipinski definition) is 1. The Balaban J connectivity index is 4.07. The maximum Gasteiger partial charge on any atom is 0.472 e. The van der Waals surface area contributed by atoms with Gasteiger partial charge in [-0.3, -0.25) is 13.8 Å². The van der Waals surface area contributed by atoms with Crippen LogP contribution >= 0.6 is 7.82 Å². The molecule has 404 valence electrons. The van der Waals surface area contributed by atoms with Crippen LogP contribution < -0.4 is 0 Å². The van der Waals surface area contributed by atoms with Crippen LogP contribution in [0.4, 0.5) is 0 Å². The highest BCUT2D eigenvalue weighted by molar-refractivity contribution is 7.47.